The van der Waals surface area contributed by atoms with Gasteiger partial charge in [0.1, 0.15) is 5.75 Å². The number of rotatable bonds is 3. The van der Waals surface area contributed by atoms with Gasteiger partial charge in [0.15, 0.2) is 0 Å². The lowest BCUT2D eigenvalue weighted by Gasteiger charge is -2.10. The SMILES string of the molecule is Cc1cccc(CNCC(F)(F)F)c1O. The highest BCUT2D eigenvalue weighted by molar-refractivity contribution is 5.39. The molecule has 0 spiro atoms. The van der Waals surface area contributed by atoms with Crippen LogP contribution in [0.3, 0.4) is 0 Å². The van der Waals surface area contributed by atoms with Crippen LogP contribution in [0.4, 0.5) is 13.2 Å². The summed E-state index contributed by atoms with van der Waals surface area (Å²) in [5, 5.41) is 11.7. The molecule has 0 fully saturated rings. The van der Waals surface area contributed by atoms with Crippen LogP contribution in [-0.4, -0.2) is 17.8 Å². The number of aryl methyl sites for hydroxylation is 1. The quantitative estimate of drug-likeness (QED) is 0.817. The molecular weight excluding hydrogens is 207 g/mol. The lowest BCUT2D eigenvalue weighted by molar-refractivity contribution is -0.125. The molecule has 2 N–H and O–H groups in total. The lowest BCUT2D eigenvalue weighted by atomic mass is 10.1. The van der Waals surface area contributed by atoms with E-state index < -0.39 is 12.7 Å². The number of nitrogens with one attached hydrogen (secondary N) is 1. The Kier molecular flexibility index (Phi) is 3.57. The number of phenols is 1. The molecule has 1 aromatic rings. The molecule has 0 aliphatic carbocycles. The van der Waals surface area contributed by atoms with Crippen molar-refractivity contribution in [3.8, 4) is 5.75 Å². The predicted molar refractivity (Wildman–Crippen MR) is 50.6 cm³/mol. The maximum absolute atomic E-state index is 11.8. The zero-order valence-corrected chi connectivity index (χ0v) is 8.23. The van der Waals surface area contributed by atoms with Crippen molar-refractivity contribution in [2.24, 2.45) is 0 Å². The molecule has 0 saturated heterocycles. The number of hydrogen-bond donors (Lipinski definition) is 2. The highest BCUT2D eigenvalue weighted by Gasteiger charge is 2.26. The molecule has 0 atom stereocenters. The van der Waals surface area contributed by atoms with Crippen LogP contribution >= 0.6 is 0 Å². The Balaban J connectivity index is 2.55. The van der Waals surface area contributed by atoms with Crippen LogP contribution in [0, 0.1) is 6.92 Å². The Morgan fingerprint density at radius 1 is 1.33 bits per heavy atom. The first kappa shape index (κ1) is 11.8. The molecule has 0 saturated carbocycles. The average Bonchev–Trinajstić information content (AvgIpc) is 2.10. The summed E-state index contributed by atoms with van der Waals surface area (Å²) < 4.78 is 35.4. The fourth-order valence-electron chi connectivity index (χ4n) is 1.20. The summed E-state index contributed by atoms with van der Waals surface area (Å²) in [5.41, 5.74) is 1.13. The van der Waals surface area contributed by atoms with Gasteiger partial charge in [0, 0.05) is 12.1 Å². The first-order valence-electron chi connectivity index (χ1n) is 4.45. The van der Waals surface area contributed by atoms with E-state index >= 15 is 0 Å². The summed E-state index contributed by atoms with van der Waals surface area (Å²) in [6.07, 6.45) is -4.22. The third kappa shape index (κ3) is 3.79. The van der Waals surface area contributed by atoms with Crippen molar-refractivity contribution >= 4 is 0 Å². The van der Waals surface area contributed by atoms with Crippen molar-refractivity contribution in [1.82, 2.24) is 5.32 Å². The van der Waals surface area contributed by atoms with Gasteiger partial charge in [0.2, 0.25) is 0 Å². The molecule has 0 bridgehead atoms. The first-order valence-corrected chi connectivity index (χ1v) is 4.45. The molecule has 0 radical (unpaired) electrons. The van der Waals surface area contributed by atoms with Gasteiger partial charge in [0.25, 0.3) is 0 Å². The maximum Gasteiger partial charge on any atom is 0.401 e. The van der Waals surface area contributed by atoms with E-state index in [-0.39, 0.29) is 12.3 Å². The third-order valence-corrected chi connectivity index (χ3v) is 1.96. The van der Waals surface area contributed by atoms with E-state index in [9.17, 15) is 18.3 Å². The molecular formula is C10H12F3NO. The van der Waals surface area contributed by atoms with Crippen molar-refractivity contribution in [2.45, 2.75) is 19.6 Å². The monoisotopic (exact) mass is 219 g/mol. The van der Waals surface area contributed by atoms with Gasteiger partial charge < -0.3 is 10.4 Å². The summed E-state index contributed by atoms with van der Waals surface area (Å²) in [7, 11) is 0. The second-order valence-corrected chi connectivity index (χ2v) is 3.30. The van der Waals surface area contributed by atoms with Crippen LogP contribution in [0.5, 0.6) is 5.75 Å². The minimum Gasteiger partial charge on any atom is -0.507 e. The van der Waals surface area contributed by atoms with Crippen LogP contribution in [0.1, 0.15) is 11.1 Å². The number of hydrogen-bond acceptors (Lipinski definition) is 2. The van der Waals surface area contributed by atoms with Gasteiger partial charge in [-0.25, -0.2) is 0 Å². The molecule has 1 rings (SSSR count). The average molecular weight is 219 g/mol. The minimum atomic E-state index is -4.22. The van der Waals surface area contributed by atoms with Gasteiger partial charge in [-0.15, -0.1) is 0 Å². The van der Waals surface area contributed by atoms with Crippen LogP contribution in [0.2, 0.25) is 0 Å². The van der Waals surface area contributed by atoms with E-state index in [1.54, 1.807) is 25.1 Å². The van der Waals surface area contributed by atoms with Crippen molar-refractivity contribution in [3.05, 3.63) is 29.3 Å². The van der Waals surface area contributed by atoms with Crippen molar-refractivity contribution in [1.29, 1.82) is 0 Å². The molecule has 5 heteroatoms. The first-order chi connectivity index (χ1) is 6.90. The van der Waals surface area contributed by atoms with Crippen LogP contribution in [0.15, 0.2) is 18.2 Å². The van der Waals surface area contributed by atoms with Crippen molar-refractivity contribution < 1.29 is 18.3 Å². The molecule has 0 unspecified atom stereocenters. The molecule has 0 heterocycles. The maximum atomic E-state index is 11.8. The Morgan fingerprint density at radius 2 is 2.00 bits per heavy atom. The summed E-state index contributed by atoms with van der Waals surface area (Å²) in [6.45, 7) is 0.649. The molecule has 15 heavy (non-hydrogen) atoms. The number of alkyl halides is 3. The summed E-state index contributed by atoms with van der Waals surface area (Å²) in [6, 6.07) is 4.98. The van der Waals surface area contributed by atoms with Gasteiger partial charge in [0.05, 0.1) is 6.54 Å². The van der Waals surface area contributed by atoms with Gasteiger partial charge in [-0.05, 0) is 12.5 Å². The number of aromatic hydroxyl groups is 1. The van der Waals surface area contributed by atoms with Gasteiger partial charge >= 0.3 is 6.18 Å². The zero-order chi connectivity index (χ0) is 11.5. The molecule has 2 nitrogen and oxygen atoms in total. The number of phenolic OH excluding ortho intramolecular Hbond substituents is 1. The molecule has 84 valence electrons. The normalized spacial score (nSPS) is 11.7. The second kappa shape index (κ2) is 4.53. The standard InChI is InChI=1S/C10H12F3NO/c1-7-3-2-4-8(9(7)15)5-14-6-10(11,12)13/h2-4,14-15H,5-6H2,1H3. The Hall–Kier alpha value is -1.23. The van der Waals surface area contributed by atoms with E-state index in [1.807, 2.05) is 0 Å². The second-order valence-electron chi connectivity index (χ2n) is 3.30. The zero-order valence-electron chi connectivity index (χ0n) is 8.23. The third-order valence-electron chi connectivity index (χ3n) is 1.96. The Labute approximate surface area is 85.7 Å². The van der Waals surface area contributed by atoms with Crippen molar-refractivity contribution in [3.63, 3.8) is 0 Å². The van der Waals surface area contributed by atoms with E-state index in [2.05, 4.69) is 5.32 Å². The summed E-state index contributed by atoms with van der Waals surface area (Å²) in [4.78, 5) is 0. The fourth-order valence-corrected chi connectivity index (χ4v) is 1.20. The minimum absolute atomic E-state index is 0.00697. The Bertz CT molecular complexity index is 336. The molecule has 0 aromatic heterocycles. The number of halogens is 3. The fraction of sp³-hybridized carbons (Fsp3) is 0.400. The van der Waals surface area contributed by atoms with Gasteiger partial charge in [-0.3, -0.25) is 0 Å². The molecule has 0 amide bonds. The largest absolute Gasteiger partial charge is 0.507 e. The number of para-hydroxylation sites is 1. The number of benzene rings is 1. The van der Waals surface area contributed by atoms with Crippen LogP contribution in [-0.2, 0) is 6.54 Å². The van der Waals surface area contributed by atoms with Crippen molar-refractivity contribution in [2.75, 3.05) is 6.54 Å². The highest BCUT2D eigenvalue weighted by atomic mass is 19.4. The van der Waals surface area contributed by atoms with Crippen LogP contribution < -0.4 is 5.32 Å². The van der Waals surface area contributed by atoms with Gasteiger partial charge in [-0.2, -0.15) is 13.2 Å². The van der Waals surface area contributed by atoms with E-state index in [4.69, 9.17) is 0 Å². The van der Waals surface area contributed by atoms with E-state index in [1.165, 1.54) is 0 Å². The molecule has 1 aromatic carbocycles. The van der Waals surface area contributed by atoms with Crippen LogP contribution in [0.25, 0.3) is 0 Å². The topological polar surface area (TPSA) is 32.3 Å². The summed E-state index contributed by atoms with van der Waals surface area (Å²) >= 11 is 0. The van der Waals surface area contributed by atoms with E-state index in [0.717, 1.165) is 0 Å². The predicted octanol–water partition coefficient (Wildman–Crippen LogP) is 2.35. The molecule has 0 aliphatic rings. The summed E-state index contributed by atoms with van der Waals surface area (Å²) in [5.74, 6) is 0.0483. The molecule has 0 aliphatic heterocycles. The van der Waals surface area contributed by atoms with E-state index in [0.29, 0.717) is 11.1 Å². The highest BCUT2D eigenvalue weighted by Crippen LogP contribution is 2.21. The lowest BCUT2D eigenvalue weighted by Crippen LogP contribution is -2.28. The van der Waals surface area contributed by atoms with Gasteiger partial charge in [-0.1, -0.05) is 18.2 Å². The Morgan fingerprint density at radius 3 is 2.60 bits per heavy atom. The smallest absolute Gasteiger partial charge is 0.401 e.